The minimum absolute atomic E-state index is 0.0490. The highest BCUT2D eigenvalue weighted by molar-refractivity contribution is 9.10. The third-order valence-corrected chi connectivity index (χ3v) is 3.69. The predicted octanol–water partition coefficient (Wildman–Crippen LogP) is 2.08. The number of halogens is 2. The number of nitrogens with zero attached hydrogens (tertiary/aromatic N) is 2. The first-order valence-corrected chi connectivity index (χ1v) is 6.86. The Morgan fingerprint density at radius 3 is 2.90 bits per heavy atom. The fraction of sp³-hybridized carbons (Fsp3) is 0.500. The second kappa shape index (κ2) is 6.02. The maximum absolute atomic E-state index is 13.7. The lowest BCUT2D eigenvalue weighted by molar-refractivity contribution is -0.384. The molecule has 0 radical (unpaired) electrons. The van der Waals surface area contributed by atoms with Gasteiger partial charge in [0.05, 0.1) is 28.2 Å². The normalized spacial score (nSPS) is 22.9. The topological polar surface area (TPSA) is 75.8 Å². The first kappa shape index (κ1) is 15.1. The Labute approximate surface area is 123 Å². The van der Waals surface area contributed by atoms with E-state index in [0.717, 1.165) is 12.1 Å². The summed E-state index contributed by atoms with van der Waals surface area (Å²) in [5.41, 5.74) is 0.0216. The lowest BCUT2D eigenvalue weighted by Gasteiger charge is -2.37. The zero-order valence-corrected chi connectivity index (χ0v) is 12.3. The molecule has 0 aliphatic carbocycles. The number of morpholine rings is 1. The van der Waals surface area contributed by atoms with Crippen LogP contribution in [0.3, 0.4) is 0 Å². The van der Waals surface area contributed by atoms with Gasteiger partial charge in [-0.2, -0.15) is 0 Å². The van der Waals surface area contributed by atoms with Crippen molar-refractivity contribution in [3.05, 3.63) is 32.5 Å². The van der Waals surface area contributed by atoms with Gasteiger partial charge in [-0.25, -0.2) is 4.39 Å². The predicted molar refractivity (Wildman–Crippen MR) is 74.4 cm³/mol. The number of anilines is 1. The van der Waals surface area contributed by atoms with Gasteiger partial charge in [0.25, 0.3) is 5.69 Å². The van der Waals surface area contributed by atoms with Crippen molar-refractivity contribution in [3.63, 3.8) is 0 Å². The van der Waals surface area contributed by atoms with E-state index in [1.807, 2.05) is 0 Å². The maximum atomic E-state index is 13.7. The van der Waals surface area contributed by atoms with Crippen LogP contribution in [0.5, 0.6) is 0 Å². The Kier molecular flexibility index (Phi) is 4.56. The van der Waals surface area contributed by atoms with Crippen LogP contribution in [-0.4, -0.2) is 41.9 Å². The van der Waals surface area contributed by atoms with Crippen molar-refractivity contribution in [2.24, 2.45) is 0 Å². The van der Waals surface area contributed by atoms with E-state index in [9.17, 15) is 19.6 Å². The van der Waals surface area contributed by atoms with Crippen LogP contribution in [0.2, 0.25) is 0 Å². The molecule has 1 fully saturated rings. The molecule has 2 atom stereocenters. The van der Waals surface area contributed by atoms with Crippen molar-refractivity contribution in [2.45, 2.75) is 19.1 Å². The molecule has 1 aromatic rings. The zero-order chi connectivity index (χ0) is 14.9. The monoisotopic (exact) mass is 348 g/mol. The van der Waals surface area contributed by atoms with E-state index in [1.54, 1.807) is 11.8 Å². The van der Waals surface area contributed by atoms with E-state index in [-0.39, 0.29) is 35.1 Å². The summed E-state index contributed by atoms with van der Waals surface area (Å²) in [6.07, 6.45) is -0.641. The van der Waals surface area contributed by atoms with Gasteiger partial charge >= 0.3 is 0 Å². The van der Waals surface area contributed by atoms with E-state index >= 15 is 0 Å². The number of aliphatic hydroxyl groups is 1. The number of nitro groups is 1. The van der Waals surface area contributed by atoms with Crippen LogP contribution in [0.1, 0.15) is 6.92 Å². The average molecular weight is 349 g/mol. The summed E-state index contributed by atoms with van der Waals surface area (Å²) in [6, 6.07) is 2.29. The van der Waals surface area contributed by atoms with Crippen molar-refractivity contribution in [1.82, 2.24) is 0 Å². The molecule has 1 heterocycles. The minimum atomic E-state index is -0.565. The van der Waals surface area contributed by atoms with Crippen LogP contribution in [0.25, 0.3) is 0 Å². The maximum Gasteiger partial charge on any atom is 0.293 e. The SMILES string of the molecule is CC1CN(c2cc(F)c(Br)cc2[N+](=O)[O-])CC(CO)O1. The Morgan fingerprint density at radius 2 is 2.30 bits per heavy atom. The minimum Gasteiger partial charge on any atom is -0.394 e. The molecule has 1 aliphatic rings. The van der Waals surface area contributed by atoms with Gasteiger partial charge < -0.3 is 14.7 Å². The molecular weight excluding hydrogens is 335 g/mol. The van der Waals surface area contributed by atoms with Crippen molar-refractivity contribution in [3.8, 4) is 0 Å². The highest BCUT2D eigenvalue weighted by Gasteiger charge is 2.30. The van der Waals surface area contributed by atoms with Gasteiger partial charge in [0.1, 0.15) is 11.5 Å². The largest absolute Gasteiger partial charge is 0.394 e. The van der Waals surface area contributed by atoms with Crippen molar-refractivity contribution in [2.75, 3.05) is 24.6 Å². The van der Waals surface area contributed by atoms with Crippen molar-refractivity contribution >= 4 is 27.3 Å². The number of hydrogen-bond donors (Lipinski definition) is 1. The van der Waals surface area contributed by atoms with Gasteiger partial charge in [-0.15, -0.1) is 0 Å². The van der Waals surface area contributed by atoms with Crippen LogP contribution < -0.4 is 4.90 Å². The standard InChI is InChI=1S/C12H14BrFN2O4/c1-7-4-15(5-8(6-17)20-7)11-3-10(14)9(13)2-12(11)16(18)19/h2-3,7-8,17H,4-6H2,1H3. The molecule has 1 aliphatic heterocycles. The van der Waals surface area contributed by atoms with E-state index in [0.29, 0.717) is 6.54 Å². The van der Waals surface area contributed by atoms with Crippen LogP contribution in [0, 0.1) is 15.9 Å². The first-order chi connectivity index (χ1) is 9.42. The molecular formula is C12H14BrFN2O4. The summed E-state index contributed by atoms with van der Waals surface area (Å²) in [6.45, 7) is 2.30. The van der Waals surface area contributed by atoms with Gasteiger partial charge in [0.2, 0.25) is 0 Å². The third-order valence-electron chi connectivity index (χ3n) is 3.08. The van der Waals surface area contributed by atoms with E-state index in [4.69, 9.17) is 4.74 Å². The van der Waals surface area contributed by atoms with Gasteiger partial charge in [-0.05, 0) is 22.9 Å². The Balaban J connectivity index is 2.40. The fourth-order valence-corrected chi connectivity index (χ4v) is 2.60. The molecule has 1 N–H and O–H groups in total. The highest BCUT2D eigenvalue weighted by atomic mass is 79.9. The summed E-state index contributed by atoms with van der Waals surface area (Å²) >= 11 is 2.95. The Hall–Kier alpha value is -1.25. The number of benzene rings is 1. The second-order valence-electron chi connectivity index (χ2n) is 4.67. The Bertz CT molecular complexity index is 528. The lowest BCUT2D eigenvalue weighted by Crippen LogP contribution is -2.48. The summed E-state index contributed by atoms with van der Waals surface area (Å²) in [7, 11) is 0. The van der Waals surface area contributed by atoms with Crippen LogP contribution in [0.4, 0.5) is 15.8 Å². The molecule has 20 heavy (non-hydrogen) atoms. The summed E-state index contributed by atoms with van der Waals surface area (Å²) in [4.78, 5) is 12.2. The quantitative estimate of drug-likeness (QED) is 0.668. The molecule has 0 saturated carbocycles. The number of nitro benzene ring substituents is 1. The molecule has 6 nitrogen and oxygen atoms in total. The average Bonchev–Trinajstić information content (AvgIpc) is 2.40. The lowest BCUT2D eigenvalue weighted by atomic mass is 10.1. The van der Waals surface area contributed by atoms with Gasteiger partial charge in [-0.3, -0.25) is 10.1 Å². The number of rotatable bonds is 3. The van der Waals surface area contributed by atoms with Gasteiger partial charge in [-0.1, -0.05) is 0 Å². The van der Waals surface area contributed by atoms with Crippen molar-refractivity contribution < 1.29 is 19.2 Å². The van der Waals surface area contributed by atoms with E-state index in [1.165, 1.54) is 0 Å². The molecule has 1 aromatic carbocycles. The smallest absolute Gasteiger partial charge is 0.293 e. The first-order valence-electron chi connectivity index (χ1n) is 6.07. The molecule has 8 heteroatoms. The number of ether oxygens (including phenoxy) is 1. The molecule has 1 saturated heterocycles. The molecule has 0 amide bonds. The Morgan fingerprint density at radius 1 is 1.60 bits per heavy atom. The fourth-order valence-electron chi connectivity index (χ4n) is 2.27. The molecule has 0 spiro atoms. The van der Waals surface area contributed by atoms with Crippen LogP contribution in [0.15, 0.2) is 16.6 Å². The van der Waals surface area contributed by atoms with Crippen molar-refractivity contribution in [1.29, 1.82) is 0 Å². The highest BCUT2D eigenvalue weighted by Crippen LogP contribution is 2.34. The summed E-state index contributed by atoms with van der Waals surface area (Å²) in [5.74, 6) is -0.565. The third kappa shape index (κ3) is 3.08. The number of hydrogen-bond acceptors (Lipinski definition) is 5. The molecule has 0 bridgehead atoms. The molecule has 2 unspecified atom stereocenters. The van der Waals surface area contributed by atoms with Gasteiger partial charge in [0.15, 0.2) is 0 Å². The van der Waals surface area contributed by atoms with E-state index in [2.05, 4.69) is 15.9 Å². The number of aliphatic hydroxyl groups excluding tert-OH is 1. The van der Waals surface area contributed by atoms with Gasteiger partial charge in [0, 0.05) is 25.2 Å². The molecule has 0 aromatic heterocycles. The zero-order valence-electron chi connectivity index (χ0n) is 10.8. The summed E-state index contributed by atoms with van der Waals surface area (Å²) < 4.78 is 19.2. The van der Waals surface area contributed by atoms with E-state index < -0.39 is 16.8 Å². The molecule has 110 valence electrons. The van der Waals surface area contributed by atoms with Crippen LogP contribution in [-0.2, 0) is 4.74 Å². The summed E-state index contributed by atoms with van der Waals surface area (Å²) in [5, 5.41) is 20.3. The second-order valence-corrected chi connectivity index (χ2v) is 5.52. The molecule has 2 rings (SSSR count). The van der Waals surface area contributed by atoms with Crippen LogP contribution >= 0.6 is 15.9 Å².